The van der Waals surface area contributed by atoms with Crippen LogP contribution in [0.3, 0.4) is 0 Å². The van der Waals surface area contributed by atoms with Crippen molar-refractivity contribution in [3.05, 3.63) is 86.5 Å². The van der Waals surface area contributed by atoms with E-state index in [1.807, 2.05) is 31.2 Å². The summed E-state index contributed by atoms with van der Waals surface area (Å²) in [5.41, 5.74) is 2.85. The maximum atomic E-state index is 12.7. The zero-order valence-corrected chi connectivity index (χ0v) is 14.3. The van der Waals surface area contributed by atoms with Crippen molar-refractivity contribution in [2.45, 2.75) is 13.5 Å². The van der Waals surface area contributed by atoms with Gasteiger partial charge in [0.1, 0.15) is 6.33 Å². The fourth-order valence-corrected chi connectivity index (χ4v) is 2.74. The van der Waals surface area contributed by atoms with E-state index in [9.17, 15) is 14.9 Å². The second kappa shape index (κ2) is 6.45. The summed E-state index contributed by atoms with van der Waals surface area (Å²) in [6.07, 6.45) is 1.43. The minimum absolute atomic E-state index is 0.000662. The Bertz CT molecular complexity index is 1190. The predicted molar refractivity (Wildman–Crippen MR) is 97.9 cm³/mol. The largest absolute Gasteiger partial charge is 0.293 e. The molecule has 0 N–H and O–H groups in total. The van der Waals surface area contributed by atoms with E-state index in [-0.39, 0.29) is 23.3 Å². The molecule has 0 aliphatic rings. The van der Waals surface area contributed by atoms with Gasteiger partial charge in [0.05, 0.1) is 17.2 Å². The molecule has 0 aliphatic carbocycles. The summed E-state index contributed by atoms with van der Waals surface area (Å²) >= 11 is 0. The van der Waals surface area contributed by atoms with Crippen LogP contribution in [0.2, 0.25) is 0 Å². The molecule has 9 nitrogen and oxygen atoms in total. The van der Waals surface area contributed by atoms with Gasteiger partial charge in [0, 0.05) is 12.1 Å². The van der Waals surface area contributed by atoms with Crippen LogP contribution in [0.15, 0.2) is 59.7 Å². The van der Waals surface area contributed by atoms with Gasteiger partial charge in [-0.3, -0.25) is 19.5 Å². The Morgan fingerprint density at radius 1 is 1.07 bits per heavy atom. The maximum absolute atomic E-state index is 12.7. The van der Waals surface area contributed by atoms with Gasteiger partial charge >= 0.3 is 0 Å². The molecular weight excluding hydrogens is 348 g/mol. The second-order valence-electron chi connectivity index (χ2n) is 6.11. The number of benzene rings is 2. The first kappa shape index (κ1) is 16.6. The first-order valence-corrected chi connectivity index (χ1v) is 8.14. The molecule has 0 radical (unpaired) electrons. The van der Waals surface area contributed by atoms with E-state index in [4.69, 9.17) is 0 Å². The van der Waals surface area contributed by atoms with Gasteiger partial charge in [0.2, 0.25) is 0 Å². The van der Waals surface area contributed by atoms with Crippen molar-refractivity contribution in [1.82, 2.24) is 24.5 Å². The lowest BCUT2D eigenvalue weighted by atomic mass is 10.2. The maximum Gasteiger partial charge on any atom is 0.283 e. The third kappa shape index (κ3) is 3.06. The smallest absolute Gasteiger partial charge is 0.283 e. The molecule has 4 aromatic rings. The Hall–Kier alpha value is -3.88. The van der Waals surface area contributed by atoms with Crippen molar-refractivity contribution >= 4 is 16.9 Å². The fourth-order valence-electron chi connectivity index (χ4n) is 2.74. The summed E-state index contributed by atoms with van der Waals surface area (Å²) in [5.74, 6) is 0. The summed E-state index contributed by atoms with van der Waals surface area (Å²) in [5, 5.41) is 18.8. The second-order valence-corrected chi connectivity index (χ2v) is 6.11. The van der Waals surface area contributed by atoms with Crippen LogP contribution in [0.5, 0.6) is 0 Å². The first-order chi connectivity index (χ1) is 13.0. The molecule has 27 heavy (non-hydrogen) atoms. The first-order valence-electron chi connectivity index (χ1n) is 8.14. The highest BCUT2D eigenvalue weighted by Gasteiger charge is 2.14. The monoisotopic (exact) mass is 362 g/mol. The van der Waals surface area contributed by atoms with Crippen LogP contribution in [0.4, 0.5) is 5.69 Å². The predicted octanol–water partition coefficient (Wildman–Crippen LogP) is 2.24. The van der Waals surface area contributed by atoms with Crippen LogP contribution in [-0.2, 0) is 6.54 Å². The van der Waals surface area contributed by atoms with E-state index in [0.717, 1.165) is 16.8 Å². The van der Waals surface area contributed by atoms with Crippen LogP contribution in [0, 0.1) is 17.0 Å². The van der Waals surface area contributed by atoms with E-state index < -0.39 is 4.92 Å². The average Bonchev–Trinajstić information content (AvgIpc) is 3.10. The SMILES string of the molecule is Cc1ccc(-n2nnc3c(=O)n(Cc4ccc([N+](=O)[O-])cc4)cnc32)cc1. The van der Waals surface area contributed by atoms with Gasteiger partial charge in [-0.15, -0.1) is 5.10 Å². The Labute approximate surface area is 152 Å². The summed E-state index contributed by atoms with van der Waals surface area (Å²) in [7, 11) is 0. The van der Waals surface area contributed by atoms with E-state index >= 15 is 0 Å². The number of aryl methyl sites for hydroxylation is 1. The lowest BCUT2D eigenvalue weighted by molar-refractivity contribution is -0.384. The van der Waals surface area contributed by atoms with E-state index in [1.54, 1.807) is 12.1 Å². The molecule has 4 rings (SSSR count). The third-order valence-corrected chi connectivity index (χ3v) is 4.21. The summed E-state index contributed by atoms with van der Waals surface area (Å²) < 4.78 is 2.92. The van der Waals surface area contributed by atoms with Gasteiger partial charge < -0.3 is 0 Å². The Morgan fingerprint density at radius 2 is 1.78 bits per heavy atom. The normalized spacial score (nSPS) is 11.0. The number of non-ortho nitro benzene ring substituents is 1. The molecule has 0 unspecified atom stereocenters. The highest BCUT2D eigenvalue weighted by Crippen LogP contribution is 2.14. The number of rotatable bonds is 4. The zero-order chi connectivity index (χ0) is 19.0. The molecule has 134 valence electrons. The molecule has 0 atom stereocenters. The Morgan fingerprint density at radius 3 is 2.44 bits per heavy atom. The highest BCUT2D eigenvalue weighted by atomic mass is 16.6. The van der Waals surface area contributed by atoms with E-state index in [2.05, 4.69) is 15.3 Å². The van der Waals surface area contributed by atoms with Crippen molar-refractivity contribution in [3.8, 4) is 5.69 Å². The number of fused-ring (bicyclic) bond motifs is 1. The summed E-state index contributed by atoms with van der Waals surface area (Å²) in [6.45, 7) is 2.22. The lowest BCUT2D eigenvalue weighted by Gasteiger charge is -2.06. The van der Waals surface area contributed by atoms with Crippen LogP contribution in [0.25, 0.3) is 16.9 Å². The van der Waals surface area contributed by atoms with Crippen molar-refractivity contribution in [2.75, 3.05) is 0 Å². The molecule has 2 heterocycles. The van der Waals surface area contributed by atoms with E-state index in [1.165, 1.54) is 27.7 Å². The van der Waals surface area contributed by atoms with Crippen LogP contribution in [-0.4, -0.2) is 29.5 Å². The van der Waals surface area contributed by atoms with Crippen LogP contribution < -0.4 is 5.56 Å². The van der Waals surface area contributed by atoms with Gasteiger partial charge in [-0.2, -0.15) is 4.68 Å². The standard InChI is InChI=1S/C18H14N6O3/c1-12-2-6-14(7-3-12)23-17-16(20-21-23)18(25)22(11-19-17)10-13-4-8-15(9-5-13)24(26)27/h2-9,11H,10H2,1H3. The molecule has 0 spiro atoms. The van der Waals surface area contributed by atoms with Gasteiger partial charge in [0.15, 0.2) is 11.2 Å². The highest BCUT2D eigenvalue weighted by molar-refractivity contribution is 5.70. The molecule has 0 bridgehead atoms. The molecule has 0 aliphatic heterocycles. The molecule has 0 saturated heterocycles. The van der Waals surface area contributed by atoms with Gasteiger partial charge in [0.25, 0.3) is 11.2 Å². The number of nitrogens with zero attached hydrogens (tertiary/aromatic N) is 6. The van der Waals surface area contributed by atoms with Gasteiger partial charge in [-0.1, -0.05) is 35.0 Å². The quantitative estimate of drug-likeness (QED) is 0.407. The van der Waals surface area contributed by atoms with E-state index in [0.29, 0.717) is 5.65 Å². The van der Waals surface area contributed by atoms with Crippen molar-refractivity contribution < 1.29 is 4.92 Å². The van der Waals surface area contributed by atoms with Crippen molar-refractivity contribution in [2.24, 2.45) is 0 Å². The van der Waals surface area contributed by atoms with Gasteiger partial charge in [-0.25, -0.2) is 4.98 Å². The zero-order valence-electron chi connectivity index (χ0n) is 14.3. The topological polar surface area (TPSA) is 109 Å². The fraction of sp³-hybridized carbons (Fsp3) is 0.111. The van der Waals surface area contributed by atoms with Crippen molar-refractivity contribution in [1.29, 1.82) is 0 Å². The third-order valence-electron chi connectivity index (χ3n) is 4.21. The molecule has 2 aromatic heterocycles. The number of hydrogen-bond donors (Lipinski definition) is 0. The lowest BCUT2D eigenvalue weighted by Crippen LogP contribution is -2.21. The minimum Gasteiger partial charge on any atom is -0.293 e. The van der Waals surface area contributed by atoms with Crippen LogP contribution >= 0.6 is 0 Å². The average molecular weight is 362 g/mol. The van der Waals surface area contributed by atoms with Crippen molar-refractivity contribution in [3.63, 3.8) is 0 Å². The molecule has 0 fully saturated rings. The molecule has 9 heteroatoms. The molecule has 2 aromatic carbocycles. The Balaban J connectivity index is 1.70. The summed E-state index contributed by atoms with van der Waals surface area (Å²) in [4.78, 5) is 27.3. The number of nitro groups is 1. The number of nitro benzene ring substituents is 1. The minimum atomic E-state index is -0.465. The number of aromatic nitrogens is 5. The molecular formula is C18H14N6O3. The summed E-state index contributed by atoms with van der Waals surface area (Å²) in [6, 6.07) is 13.7. The number of hydrogen-bond acceptors (Lipinski definition) is 6. The van der Waals surface area contributed by atoms with Gasteiger partial charge in [-0.05, 0) is 24.6 Å². The van der Waals surface area contributed by atoms with Crippen LogP contribution in [0.1, 0.15) is 11.1 Å². The molecule has 0 amide bonds. The molecule has 0 saturated carbocycles. The Kier molecular flexibility index (Phi) is 3.96.